The third-order valence-corrected chi connectivity index (χ3v) is 6.40. The van der Waals surface area contributed by atoms with Gasteiger partial charge in [0.1, 0.15) is 16.8 Å². The van der Waals surface area contributed by atoms with Crippen LogP contribution in [0.5, 0.6) is 0 Å². The Kier molecular flexibility index (Phi) is 5.69. The Labute approximate surface area is 172 Å². The smallest absolute Gasteiger partial charge is 0.247 e. The Balaban J connectivity index is 1.39. The van der Waals surface area contributed by atoms with Crippen molar-refractivity contribution >= 4 is 39.3 Å². The van der Waals surface area contributed by atoms with E-state index in [2.05, 4.69) is 28.9 Å². The van der Waals surface area contributed by atoms with Gasteiger partial charge in [0, 0.05) is 37.3 Å². The number of nitrogens with zero attached hydrogens (tertiary/aromatic N) is 3. The summed E-state index contributed by atoms with van der Waals surface area (Å²) >= 11 is 0. The number of hydrogen-bond acceptors (Lipinski definition) is 4. The van der Waals surface area contributed by atoms with Crippen molar-refractivity contribution in [2.75, 3.05) is 36.4 Å². The highest BCUT2D eigenvalue weighted by Crippen LogP contribution is 2.21. The molecule has 4 rings (SSSR count). The Bertz CT molecular complexity index is 1060. The number of piperazine rings is 1. The van der Waals surface area contributed by atoms with Gasteiger partial charge in [-0.1, -0.05) is 24.8 Å². The van der Waals surface area contributed by atoms with Gasteiger partial charge in [-0.3, -0.25) is 4.79 Å². The van der Waals surface area contributed by atoms with Crippen LogP contribution in [0.4, 0.5) is 11.5 Å². The number of pyridine rings is 1. The SMILES string of the molecule is C=CC(=O)Nc1ccc(S(=O)N2CCN(c3ccc4ccccc4n3)CC2)cc1. The molecule has 1 amide bonds. The lowest BCUT2D eigenvalue weighted by molar-refractivity contribution is -0.111. The number of nitrogens with one attached hydrogen (secondary N) is 1. The van der Waals surface area contributed by atoms with E-state index in [-0.39, 0.29) is 5.91 Å². The van der Waals surface area contributed by atoms with Gasteiger partial charge in [-0.05, 0) is 48.5 Å². The van der Waals surface area contributed by atoms with Crippen LogP contribution in [0.25, 0.3) is 10.9 Å². The van der Waals surface area contributed by atoms with Crippen LogP contribution in [0.2, 0.25) is 0 Å². The maximum atomic E-state index is 12.9. The summed E-state index contributed by atoms with van der Waals surface area (Å²) < 4.78 is 14.9. The summed E-state index contributed by atoms with van der Waals surface area (Å²) in [5, 5.41) is 3.82. The molecule has 0 bridgehead atoms. The number of carbonyl (C=O) groups excluding carboxylic acids is 1. The molecular formula is C22H22N4O2S. The van der Waals surface area contributed by atoms with Crippen LogP contribution < -0.4 is 10.2 Å². The number of carbonyl (C=O) groups is 1. The molecule has 148 valence electrons. The van der Waals surface area contributed by atoms with E-state index in [0.717, 1.165) is 34.7 Å². The Hall–Kier alpha value is -3.03. The molecule has 1 N–H and O–H groups in total. The van der Waals surface area contributed by atoms with Crippen LogP contribution in [-0.4, -0.2) is 45.6 Å². The highest BCUT2D eigenvalue weighted by Gasteiger charge is 2.23. The van der Waals surface area contributed by atoms with Crippen molar-refractivity contribution in [3.05, 3.63) is 73.3 Å². The largest absolute Gasteiger partial charge is 0.354 e. The minimum atomic E-state index is -1.23. The minimum absolute atomic E-state index is 0.266. The zero-order valence-corrected chi connectivity index (χ0v) is 16.8. The molecule has 3 aromatic rings. The first kappa shape index (κ1) is 19.3. The summed E-state index contributed by atoms with van der Waals surface area (Å²) in [7, 11) is -1.23. The summed E-state index contributed by atoms with van der Waals surface area (Å²) in [6, 6.07) is 19.3. The average Bonchev–Trinajstić information content (AvgIpc) is 2.79. The number of hydrogen-bond donors (Lipinski definition) is 1. The minimum Gasteiger partial charge on any atom is -0.354 e. The highest BCUT2D eigenvalue weighted by atomic mass is 32.2. The van der Waals surface area contributed by atoms with E-state index in [0.29, 0.717) is 18.8 Å². The van der Waals surface area contributed by atoms with Gasteiger partial charge in [0.15, 0.2) is 0 Å². The van der Waals surface area contributed by atoms with E-state index in [9.17, 15) is 9.00 Å². The van der Waals surface area contributed by atoms with Crippen molar-refractivity contribution in [1.29, 1.82) is 0 Å². The van der Waals surface area contributed by atoms with Gasteiger partial charge in [0.2, 0.25) is 5.91 Å². The van der Waals surface area contributed by atoms with Crippen molar-refractivity contribution in [2.45, 2.75) is 4.90 Å². The van der Waals surface area contributed by atoms with E-state index in [1.165, 1.54) is 6.08 Å². The van der Waals surface area contributed by atoms with Crippen LogP contribution in [-0.2, 0) is 15.8 Å². The van der Waals surface area contributed by atoms with E-state index < -0.39 is 11.0 Å². The molecule has 6 nitrogen and oxygen atoms in total. The molecule has 1 saturated heterocycles. The second-order valence-electron chi connectivity index (χ2n) is 6.75. The van der Waals surface area contributed by atoms with Crippen molar-refractivity contribution < 1.29 is 9.00 Å². The molecule has 1 aliphatic rings. The second kappa shape index (κ2) is 8.55. The molecule has 7 heteroatoms. The lowest BCUT2D eigenvalue weighted by atomic mass is 10.2. The molecule has 0 saturated carbocycles. The quantitative estimate of drug-likeness (QED) is 0.661. The zero-order chi connectivity index (χ0) is 20.2. The summed E-state index contributed by atoms with van der Waals surface area (Å²) in [5.74, 6) is 0.689. The first-order chi connectivity index (χ1) is 14.1. The van der Waals surface area contributed by atoms with E-state index >= 15 is 0 Å². The van der Waals surface area contributed by atoms with E-state index in [4.69, 9.17) is 4.98 Å². The standard InChI is InChI=1S/C22H22N4O2S/c1-2-22(27)23-18-8-10-19(11-9-18)29(28)26-15-13-25(14-16-26)21-12-7-17-5-3-4-6-20(17)24-21/h2-12H,1,13-16H2,(H,23,27). The monoisotopic (exact) mass is 406 g/mol. The Morgan fingerprint density at radius 1 is 1.00 bits per heavy atom. The fraction of sp³-hybridized carbons (Fsp3) is 0.182. The number of amides is 1. The molecular weight excluding hydrogens is 384 g/mol. The number of rotatable bonds is 5. The number of benzene rings is 2. The average molecular weight is 407 g/mol. The molecule has 1 aromatic heterocycles. The van der Waals surface area contributed by atoms with Crippen molar-refractivity contribution in [3.8, 4) is 0 Å². The predicted octanol–water partition coefficient (Wildman–Crippen LogP) is 3.20. The van der Waals surface area contributed by atoms with Crippen LogP contribution >= 0.6 is 0 Å². The fourth-order valence-corrected chi connectivity index (χ4v) is 4.47. The van der Waals surface area contributed by atoms with Crippen molar-refractivity contribution in [3.63, 3.8) is 0 Å². The van der Waals surface area contributed by atoms with E-state index in [1.54, 1.807) is 24.3 Å². The molecule has 0 spiro atoms. The number of fused-ring (bicyclic) bond motifs is 1. The molecule has 2 heterocycles. The zero-order valence-electron chi connectivity index (χ0n) is 16.0. The van der Waals surface area contributed by atoms with Gasteiger partial charge in [0.25, 0.3) is 0 Å². The van der Waals surface area contributed by atoms with E-state index in [1.807, 2.05) is 28.6 Å². The molecule has 2 aromatic carbocycles. The summed E-state index contributed by atoms with van der Waals surface area (Å²) in [4.78, 5) is 19.1. The molecule has 29 heavy (non-hydrogen) atoms. The second-order valence-corrected chi connectivity index (χ2v) is 8.23. The van der Waals surface area contributed by atoms with Crippen LogP contribution in [0.1, 0.15) is 0 Å². The molecule has 1 aliphatic heterocycles. The topological polar surface area (TPSA) is 65.5 Å². The molecule has 1 fully saturated rings. The van der Waals surface area contributed by atoms with Gasteiger partial charge in [-0.25, -0.2) is 13.5 Å². The van der Waals surface area contributed by atoms with Crippen molar-refractivity contribution in [1.82, 2.24) is 9.29 Å². The number of anilines is 2. The molecule has 1 atom stereocenters. The van der Waals surface area contributed by atoms with Crippen LogP contribution in [0.3, 0.4) is 0 Å². The summed E-state index contributed by atoms with van der Waals surface area (Å²) in [6.07, 6.45) is 1.22. The van der Waals surface area contributed by atoms with Gasteiger partial charge in [0.05, 0.1) is 10.4 Å². The number of para-hydroxylation sites is 1. The van der Waals surface area contributed by atoms with Crippen LogP contribution in [0.15, 0.2) is 78.2 Å². The first-order valence-corrected chi connectivity index (χ1v) is 10.6. The predicted molar refractivity (Wildman–Crippen MR) is 117 cm³/mol. The van der Waals surface area contributed by atoms with Crippen molar-refractivity contribution in [2.24, 2.45) is 0 Å². The maximum Gasteiger partial charge on any atom is 0.247 e. The Morgan fingerprint density at radius 2 is 1.72 bits per heavy atom. The highest BCUT2D eigenvalue weighted by molar-refractivity contribution is 7.82. The van der Waals surface area contributed by atoms with Gasteiger partial charge < -0.3 is 10.2 Å². The van der Waals surface area contributed by atoms with Crippen LogP contribution in [0, 0.1) is 0 Å². The van der Waals surface area contributed by atoms with Gasteiger partial charge in [-0.2, -0.15) is 0 Å². The lowest BCUT2D eigenvalue weighted by Gasteiger charge is -2.34. The van der Waals surface area contributed by atoms with Gasteiger partial charge in [-0.15, -0.1) is 0 Å². The third-order valence-electron chi connectivity index (χ3n) is 4.89. The van der Waals surface area contributed by atoms with Gasteiger partial charge >= 0.3 is 0 Å². The summed E-state index contributed by atoms with van der Waals surface area (Å²) in [5.41, 5.74) is 1.64. The Morgan fingerprint density at radius 3 is 2.45 bits per heavy atom. The molecule has 0 radical (unpaired) electrons. The molecule has 0 aliphatic carbocycles. The lowest BCUT2D eigenvalue weighted by Crippen LogP contribution is -2.47. The number of aromatic nitrogens is 1. The molecule has 1 unspecified atom stereocenters. The normalized spacial score (nSPS) is 15.8. The fourth-order valence-electron chi connectivity index (χ4n) is 3.31. The maximum absolute atomic E-state index is 12.9. The first-order valence-electron chi connectivity index (χ1n) is 9.45. The third kappa shape index (κ3) is 4.36. The summed E-state index contributed by atoms with van der Waals surface area (Å²) in [6.45, 7) is 6.35.